The smallest absolute Gasteiger partial charge is 0.326 e. The predicted octanol–water partition coefficient (Wildman–Crippen LogP) is 2.69. The molecular weight excluding hydrogens is 394 g/mol. The monoisotopic (exact) mass is 427 g/mol. The molecule has 0 aliphatic rings. The Hall–Kier alpha value is -2.93. The van der Waals surface area contributed by atoms with Crippen LogP contribution in [0.4, 0.5) is 0 Å². The Morgan fingerprint density at radius 2 is 1.65 bits per heavy atom. The maximum Gasteiger partial charge on any atom is 0.326 e. The predicted molar refractivity (Wildman–Crippen MR) is 122 cm³/mol. The van der Waals surface area contributed by atoms with Gasteiger partial charge in [0.05, 0.1) is 0 Å². The lowest BCUT2D eigenvalue weighted by atomic mass is 10.1. The minimum Gasteiger partial charge on any atom is -0.459 e. The number of nitrogens with one attached hydrogen (secondary N) is 1. The molecule has 0 unspecified atom stereocenters. The highest BCUT2D eigenvalue weighted by Crippen LogP contribution is 2.15. The zero-order valence-corrected chi connectivity index (χ0v) is 19.1. The summed E-state index contributed by atoms with van der Waals surface area (Å²) >= 11 is 0. The fraction of sp³-hybridized carbons (Fsp3) is 0.458. The number of nitrogens with zero attached hydrogens (tertiary/aromatic N) is 2. The van der Waals surface area contributed by atoms with Crippen LogP contribution < -0.4 is 5.32 Å². The van der Waals surface area contributed by atoms with Crippen LogP contribution in [0.3, 0.4) is 0 Å². The lowest BCUT2D eigenvalue weighted by Gasteiger charge is -2.26. The van der Waals surface area contributed by atoms with E-state index >= 15 is 0 Å². The second-order valence-corrected chi connectivity index (χ2v) is 8.77. The molecule has 2 aromatic rings. The van der Waals surface area contributed by atoms with Crippen molar-refractivity contribution in [1.82, 2.24) is 15.1 Å². The van der Waals surface area contributed by atoms with Gasteiger partial charge >= 0.3 is 5.97 Å². The van der Waals surface area contributed by atoms with Gasteiger partial charge in [0.15, 0.2) is 0 Å². The molecule has 168 valence electrons. The van der Waals surface area contributed by atoms with E-state index in [1.54, 1.807) is 26.8 Å². The number of carbonyl (C=O) groups excluding carboxylic acids is 3. The van der Waals surface area contributed by atoms with E-state index in [0.717, 1.165) is 10.8 Å². The fourth-order valence-corrected chi connectivity index (χ4v) is 3.02. The first-order chi connectivity index (χ1) is 14.5. The average Bonchev–Trinajstić information content (AvgIpc) is 2.69. The highest BCUT2D eigenvalue weighted by atomic mass is 16.6. The number of hydrogen-bond acceptors (Lipinski definition) is 5. The Bertz CT molecular complexity index is 918. The minimum absolute atomic E-state index is 0.107. The van der Waals surface area contributed by atoms with Crippen LogP contribution in [-0.2, 0) is 14.3 Å². The van der Waals surface area contributed by atoms with Gasteiger partial charge in [-0.2, -0.15) is 0 Å². The van der Waals surface area contributed by atoms with E-state index in [-0.39, 0.29) is 31.3 Å². The minimum atomic E-state index is -0.610. The number of fused-ring (bicyclic) bond motifs is 1. The van der Waals surface area contributed by atoms with Gasteiger partial charge in [-0.3, -0.25) is 14.4 Å². The summed E-state index contributed by atoms with van der Waals surface area (Å²) in [5, 5.41) is 4.84. The quantitative estimate of drug-likeness (QED) is 0.623. The number of hydrogen-bond donors (Lipinski definition) is 1. The highest BCUT2D eigenvalue weighted by molar-refractivity contribution is 5.98. The van der Waals surface area contributed by atoms with E-state index in [1.807, 2.05) is 55.4 Å². The molecule has 0 aromatic heterocycles. The molecule has 0 aliphatic carbocycles. The molecule has 2 aromatic carbocycles. The van der Waals surface area contributed by atoms with E-state index < -0.39 is 11.6 Å². The molecule has 1 N–H and O–H groups in total. The summed E-state index contributed by atoms with van der Waals surface area (Å²) in [4.78, 5) is 40.8. The van der Waals surface area contributed by atoms with Gasteiger partial charge in [-0.1, -0.05) is 30.3 Å². The van der Waals surface area contributed by atoms with Crippen molar-refractivity contribution in [1.29, 1.82) is 0 Å². The molecule has 2 rings (SSSR count). The molecule has 0 spiro atoms. The Morgan fingerprint density at radius 1 is 0.968 bits per heavy atom. The van der Waals surface area contributed by atoms with Crippen molar-refractivity contribution in [2.24, 2.45) is 0 Å². The first kappa shape index (κ1) is 24.3. The Kier molecular flexibility index (Phi) is 8.56. The Morgan fingerprint density at radius 3 is 2.29 bits per heavy atom. The molecule has 0 saturated heterocycles. The molecule has 0 fully saturated rings. The lowest BCUT2D eigenvalue weighted by Crippen LogP contribution is -2.43. The van der Waals surface area contributed by atoms with Crippen LogP contribution in [0.15, 0.2) is 42.5 Å². The topological polar surface area (TPSA) is 79.0 Å². The van der Waals surface area contributed by atoms with Crippen molar-refractivity contribution in [2.75, 3.05) is 40.3 Å². The van der Waals surface area contributed by atoms with Gasteiger partial charge in [0, 0.05) is 31.6 Å². The summed E-state index contributed by atoms with van der Waals surface area (Å²) in [5.74, 6) is -0.878. The zero-order chi connectivity index (χ0) is 23.0. The molecule has 7 nitrogen and oxygen atoms in total. The number of rotatable bonds is 9. The molecule has 0 saturated carbocycles. The van der Waals surface area contributed by atoms with Gasteiger partial charge in [-0.15, -0.1) is 0 Å². The fourth-order valence-electron chi connectivity index (χ4n) is 3.02. The van der Waals surface area contributed by atoms with Crippen LogP contribution in [0, 0.1) is 0 Å². The summed E-state index contributed by atoms with van der Waals surface area (Å²) < 4.78 is 5.34. The molecule has 0 radical (unpaired) electrons. The van der Waals surface area contributed by atoms with Crippen molar-refractivity contribution in [3.63, 3.8) is 0 Å². The number of carbonyl (C=O) groups is 3. The van der Waals surface area contributed by atoms with Gasteiger partial charge in [-0.05, 0) is 57.8 Å². The normalized spacial score (nSPS) is 11.4. The van der Waals surface area contributed by atoms with Crippen LogP contribution in [-0.4, -0.2) is 73.5 Å². The number of ether oxygens (including phenoxy) is 1. The summed E-state index contributed by atoms with van der Waals surface area (Å²) in [6, 6.07) is 13.3. The van der Waals surface area contributed by atoms with Gasteiger partial charge in [0.25, 0.3) is 5.91 Å². The standard InChI is InChI=1S/C24H33N3O4/c1-24(2,3)31-22(29)17-27(15-14-26(4)5)21(28)12-13-25-23(30)20-11-10-18-8-6-7-9-19(18)16-20/h6-11,16H,12-15,17H2,1-5H3,(H,25,30). The van der Waals surface area contributed by atoms with E-state index in [0.29, 0.717) is 18.7 Å². The molecule has 0 bridgehead atoms. The molecule has 31 heavy (non-hydrogen) atoms. The third-order valence-corrected chi connectivity index (χ3v) is 4.55. The third-order valence-electron chi connectivity index (χ3n) is 4.55. The molecule has 0 atom stereocenters. The summed E-state index contributed by atoms with van der Waals surface area (Å²) in [5.41, 5.74) is -0.0642. The van der Waals surface area contributed by atoms with Crippen molar-refractivity contribution in [2.45, 2.75) is 32.8 Å². The van der Waals surface area contributed by atoms with Crippen LogP contribution in [0.2, 0.25) is 0 Å². The van der Waals surface area contributed by atoms with Crippen LogP contribution in [0.1, 0.15) is 37.6 Å². The van der Waals surface area contributed by atoms with Crippen molar-refractivity contribution < 1.29 is 19.1 Å². The van der Waals surface area contributed by atoms with E-state index in [4.69, 9.17) is 4.74 Å². The first-order valence-corrected chi connectivity index (χ1v) is 10.5. The van der Waals surface area contributed by atoms with Gasteiger partial charge in [0.2, 0.25) is 5.91 Å². The number of esters is 1. The Balaban J connectivity index is 1.92. The van der Waals surface area contributed by atoms with E-state index in [9.17, 15) is 14.4 Å². The maximum absolute atomic E-state index is 12.7. The van der Waals surface area contributed by atoms with Gasteiger partial charge < -0.3 is 19.9 Å². The zero-order valence-electron chi connectivity index (χ0n) is 19.1. The van der Waals surface area contributed by atoms with Crippen molar-refractivity contribution >= 4 is 28.6 Å². The van der Waals surface area contributed by atoms with E-state index in [2.05, 4.69) is 5.32 Å². The number of benzene rings is 2. The van der Waals surface area contributed by atoms with Crippen molar-refractivity contribution in [3.05, 3.63) is 48.0 Å². The van der Waals surface area contributed by atoms with Gasteiger partial charge in [-0.25, -0.2) is 0 Å². The highest BCUT2D eigenvalue weighted by Gasteiger charge is 2.22. The van der Waals surface area contributed by atoms with Gasteiger partial charge in [0.1, 0.15) is 12.1 Å². The summed E-state index contributed by atoms with van der Waals surface area (Å²) in [6.45, 7) is 6.49. The maximum atomic E-state index is 12.7. The van der Waals surface area contributed by atoms with Crippen LogP contribution in [0.25, 0.3) is 10.8 Å². The number of amides is 2. The van der Waals surface area contributed by atoms with Crippen LogP contribution in [0.5, 0.6) is 0 Å². The largest absolute Gasteiger partial charge is 0.459 e. The molecule has 0 heterocycles. The Labute approximate surface area is 184 Å². The third kappa shape index (κ3) is 8.38. The SMILES string of the molecule is CN(C)CCN(CC(=O)OC(C)(C)C)C(=O)CCNC(=O)c1ccc2ccccc2c1. The van der Waals surface area contributed by atoms with Crippen LogP contribution >= 0.6 is 0 Å². The second-order valence-electron chi connectivity index (χ2n) is 8.77. The summed E-state index contributed by atoms with van der Waals surface area (Å²) in [7, 11) is 3.81. The van der Waals surface area contributed by atoms with E-state index in [1.165, 1.54) is 4.90 Å². The molecule has 2 amide bonds. The van der Waals surface area contributed by atoms with Crippen molar-refractivity contribution in [3.8, 4) is 0 Å². The first-order valence-electron chi connectivity index (χ1n) is 10.5. The lowest BCUT2D eigenvalue weighted by molar-refractivity contribution is -0.159. The average molecular weight is 428 g/mol. The molecular formula is C24H33N3O4. The second kappa shape index (κ2) is 10.9. The molecule has 0 aliphatic heterocycles. The molecule has 7 heteroatoms. The number of likely N-dealkylation sites (N-methyl/N-ethyl adjacent to an activating group) is 1. The summed E-state index contributed by atoms with van der Waals surface area (Å²) in [6.07, 6.45) is 0.107.